The van der Waals surface area contributed by atoms with E-state index in [1.54, 1.807) is 12.2 Å². The van der Waals surface area contributed by atoms with Crippen LogP contribution >= 0.6 is 11.6 Å². The van der Waals surface area contributed by atoms with Gasteiger partial charge < -0.3 is 5.73 Å². The zero-order valence-electron chi connectivity index (χ0n) is 16.3. The van der Waals surface area contributed by atoms with E-state index in [0.29, 0.717) is 10.5 Å². The van der Waals surface area contributed by atoms with E-state index in [4.69, 9.17) is 17.3 Å². The quantitative estimate of drug-likeness (QED) is 0.443. The molecule has 0 radical (unpaired) electrons. The van der Waals surface area contributed by atoms with Gasteiger partial charge in [0, 0.05) is 0 Å². The van der Waals surface area contributed by atoms with Crippen LogP contribution < -0.4 is 10.6 Å². The van der Waals surface area contributed by atoms with Crippen molar-refractivity contribution in [1.29, 1.82) is 0 Å². The van der Waals surface area contributed by atoms with Crippen LogP contribution in [0.2, 0.25) is 0 Å². The number of amides is 2. The fourth-order valence-corrected chi connectivity index (χ4v) is 4.03. The molecule has 3 aromatic rings. The van der Waals surface area contributed by atoms with Gasteiger partial charge in [-0.2, -0.15) is 18.4 Å². The maximum absolute atomic E-state index is 13.7. The van der Waals surface area contributed by atoms with Crippen molar-refractivity contribution in [2.45, 2.75) is 17.1 Å². The number of hydrogen-bond acceptors (Lipinski definition) is 4. The summed E-state index contributed by atoms with van der Waals surface area (Å²) in [6, 6.07) is 12.6. The molecule has 0 bridgehead atoms. The summed E-state index contributed by atoms with van der Waals surface area (Å²) in [5.41, 5.74) is 5.57. The van der Waals surface area contributed by atoms with E-state index < -0.39 is 34.4 Å². The average Bonchev–Trinajstić information content (AvgIpc) is 3.28. The number of primary amides is 1. The van der Waals surface area contributed by atoms with Crippen molar-refractivity contribution in [1.82, 2.24) is 20.6 Å². The highest BCUT2D eigenvalue weighted by molar-refractivity contribution is 6.30. The Hall–Kier alpha value is -3.66. The van der Waals surface area contributed by atoms with E-state index in [9.17, 15) is 18.0 Å². The number of halogens is 4. The molecule has 1 aliphatic rings. The second-order valence-electron chi connectivity index (χ2n) is 6.99. The summed E-state index contributed by atoms with van der Waals surface area (Å²) in [5.74, 6) is -0.898. The number of carbonyl (C=O) groups excluding carboxylic acids is 1. The van der Waals surface area contributed by atoms with Gasteiger partial charge in [-0.25, -0.2) is 4.79 Å². The van der Waals surface area contributed by atoms with Gasteiger partial charge in [0.25, 0.3) is 0 Å². The Balaban J connectivity index is 1.89. The Morgan fingerprint density at radius 2 is 1.81 bits per heavy atom. The molecule has 0 spiro atoms. The lowest BCUT2D eigenvalue weighted by atomic mass is 9.86. The van der Waals surface area contributed by atoms with Crippen LogP contribution in [0.5, 0.6) is 0 Å². The number of allylic oxidation sites excluding steroid dienone is 2. The van der Waals surface area contributed by atoms with Gasteiger partial charge in [-0.1, -0.05) is 71.4 Å². The first-order chi connectivity index (χ1) is 15.2. The van der Waals surface area contributed by atoms with Crippen molar-refractivity contribution < 1.29 is 18.0 Å². The lowest BCUT2D eigenvalue weighted by Crippen LogP contribution is -2.54. The topological polar surface area (TPSA) is 101 Å². The number of benzene rings is 2. The lowest BCUT2D eigenvalue weighted by Gasteiger charge is -2.42. The number of urea groups is 1. The van der Waals surface area contributed by atoms with Crippen molar-refractivity contribution in [3.8, 4) is 0 Å². The standard InChI is InChI=1S/C21H16ClF3N6O/c22-20(31(19(26)32)17-9-5-4-8-15(17)21(23,24)25)11-10-14(13-6-2-1-3-7-13)12-16(20)18-27-29-30-28-18/h1-12,16H,(H2,26,32)(H,27,28,29,30). The van der Waals surface area contributed by atoms with Crippen molar-refractivity contribution in [2.75, 3.05) is 4.90 Å². The Morgan fingerprint density at radius 3 is 2.44 bits per heavy atom. The molecule has 11 heteroatoms. The smallest absolute Gasteiger partial charge is 0.351 e. The summed E-state index contributed by atoms with van der Waals surface area (Å²) >= 11 is 6.91. The van der Waals surface area contributed by atoms with Gasteiger partial charge >= 0.3 is 12.2 Å². The predicted molar refractivity (Wildman–Crippen MR) is 113 cm³/mol. The lowest BCUT2D eigenvalue weighted by molar-refractivity contribution is -0.137. The second kappa shape index (κ2) is 8.12. The monoisotopic (exact) mass is 460 g/mol. The van der Waals surface area contributed by atoms with Crippen LogP contribution in [-0.2, 0) is 6.18 Å². The molecule has 2 aromatic carbocycles. The first-order valence-electron chi connectivity index (χ1n) is 9.36. The minimum absolute atomic E-state index is 0.0773. The van der Waals surface area contributed by atoms with Gasteiger partial charge in [0.2, 0.25) is 0 Å². The molecule has 0 fully saturated rings. The van der Waals surface area contributed by atoms with E-state index in [1.807, 2.05) is 30.3 Å². The van der Waals surface area contributed by atoms with Crippen LogP contribution in [0.4, 0.5) is 23.7 Å². The number of H-pyrrole nitrogens is 1. The molecule has 1 aromatic heterocycles. The van der Waals surface area contributed by atoms with Gasteiger partial charge in [-0.15, -0.1) is 10.2 Å². The fourth-order valence-electron chi connectivity index (χ4n) is 3.64. The number of aromatic nitrogens is 4. The van der Waals surface area contributed by atoms with Crippen molar-refractivity contribution in [3.05, 3.63) is 89.8 Å². The Bertz CT molecular complexity index is 1180. The average molecular weight is 461 g/mol. The van der Waals surface area contributed by atoms with Crippen LogP contribution in [0, 0.1) is 0 Å². The largest absolute Gasteiger partial charge is 0.418 e. The molecule has 0 saturated carbocycles. The SMILES string of the molecule is NC(=O)N(c1ccccc1C(F)(F)F)C1(Cl)C=CC(c2ccccc2)=CC1c1nn[nH]n1. The minimum atomic E-state index is -4.75. The molecule has 32 heavy (non-hydrogen) atoms. The third-order valence-electron chi connectivity index (χ3n) is 5.04. The van der Waals surface area contributed by atoms with Crippen LogP contribution in [0.1, 0.15) is 22.9 Å². The van der Waals surface area contributed by atoms with E-state index in [1.165, 1.54) is 18.2 Å². The van der Waals surface area contributed by atoms with Crippen molar-refractivity contribution in [3.63, 3.8) is 0 Å². The first kappa shape index (κ1) is 21.6. The second-order valence-corrected chi connectivity index (χ2v) is 7.59. The van der Waals surface area contributed by atoms with Gasteiger partial charge in [0.15, 0.2) is 10.8 Å². The Labute approximate surface area is 185 Å². The molecular formula is C21H16ClF3N6O. The third kappa shape index (κ3) is 3.84. The van der Waals surface area contributed by atoms with E-state index in [2.05, 4.69) is 20.6 Å². The van der Waals surface area contributed by atoms with Crippen LogP contribution in [-0.4, -0.2) is 31.7 Å². The number of aromatic amines is 1. The molecule has 2 unspecified atom stereocenters. The maximum Gasteiger partial charge on any atom is 0.418 e. The number of rotatable bonds is 4. The number of nitrogens with zero attached hydrogens (tertiary/aromatic N) is 4. The van der Waals surface area contributed by atoms with Crippen molar-refractivity contribution >= 4 is 28.9 Å². The van der Waals surface area contributed by atoms with Crippen molar-refractivity contribution in [2.24, 2.45) is 5.73 Å². The number of nitrogens with one attached hydrogen (secondary N) is 1. The number of para-hydroxylation sites is 1. The number of tetrazole rings is 1. The van der Waals surface area contributed by atoms with E-state index in [0.717, 1.165) is 17.7 Å². The van der Waals surface area contributed by atoms with Crippen LogP contribution in [0.25, 0.3) is 5.57 Å². The van der Waals surface area contributed by atoms with Gasteiger partial charge in [-0.05, 0) is 29.3 Å². The highest BCUT2D eigenvalue weighted by Crippen LogP contribution is 2.47. The zero-order chi connectivity index (χ0) is 22.9. The number of hydrogen-bond donors (Lipinski definition) is 2. The molecule has 164 valence electrons. The summed E-state index contributed by atoms with van der Waals surface area (Å²) in [6.45, 7) is 0. The molecule has 1 heterocycles. The molecule has 4 rings (SSSR count). The first-order valence-corrected chi connectivity index (χ1v) is 9.74. The molecule has 2 amide bonds. The summed E-state index contributed by atoms with van der Waals surface area (Å²) < 4.78 is 41.2. The van der Waals surface area contributed by atoms with E-state index >= 15 is 0 Å². The van der Waals surface area contributed by atoms with E-state index in [-0.39, 0.29) is 5.82 Å². The fraction of sp³-hybridized carbons (Fsp3) is 0.143. The molecular weight excluding hydrogens is 445 g/mol. The number of carbonyl (C=O) groups is 1. The Kier molecular flexibility index (Phi) is 5.47. The molecule has 0 aliphatic heterocycles. The molecule has 7 nitrogen and oxygen atoms in total. The summed E-state index contributed by atoms with van der Waals surface area (Å²) in [6.07, 6.45) is -0.0528. The number of anilines is 1. The summed E-state index contributed by atoms with van der Waals surface area (Å²) in [4.78, 5) is 11.3. The van der Waals surface area contributed by atoms with Gasteiger partial charge in [0.05, 0.1) is 17.2 Å². The van der Waals surface area contributed by atoms with Crippen LogP contribution in [0.15, 0.2) is 72.8 Å². The molecule has 0 saturated heterocycles. The highest BCUT2D eigenvalue weighted by atomic mass is 35.5. The number of alkyl halides is 4. The molecule has 3 N–H and O–H groups in total. The number of nitrogens with two attached hydrogens (primary N) is 1. The normalized spacial score (nSPS) is 20.6. The molecule has 1 aliphatic carbocycles. The zero-order valence-corrected chi connectivity index (χ0v) is 17.0. The van der Waals surface area contributed by atoms with Gasteiger partial charge in [0.1, 0.15) is 0 Å². The molecule has 2 atom stereocenters. The minimum Gasteiger partial charge on any atom is -0.351 e. The Morgan fingerprint density at radius 1 is 1.12 bits per heavy atom. The summed E-state index contributed by atoms with van der Waals surface area (Å²) in [7, 11) is 0. The summed E-state index contributed by atoms with van der Waals surface area (Å²) in [5, 5.41) is 13.8. The predicted octanol–water partition coefficient (Wildman–Crippen LogP) is 4.48. The van der Waals surface area contributed by atoms with Crippen LogP contribution in [0.3, 0.4) is 0 Å². The third-order valence-corrected chi connectivity index (χ3v) is 5.57. The maximum atomic E-state index is 13.7. The highest BCUT2D eigenvalue weighted by Gasteiger charge is 2.49. The van der Waals surface area contributed by atoms with Gasteiger partial charge in [-0.3, -0.25) is 4.90 Å².